The molecule has 0 saturated heterocycles. The van der Waals surface area contributed by atoms with Gasteiger partial charge in [-0.2, -0.15) is 10.1 Å². The van der Waals surface area contributed by atoms with Crippen LogP contribution in [-0.2, 0) is 17.1 Å². The fourth-order valence-electron chi connectivity index (χ4n) is 1.90. The maximum absolute atomic E-state index is 12.3. The largest absolute Gasteiger partial charge is 0.264 e. The van der Waals surface area contributed by atoms with Crippen molar-refractivity contribution in [3.63, 3.8) is 0 Å². The number of anilines is 1. The molecular formula is C13H12N4O2S. The second kappa shape index (κ2) is 4.61. The Kier molecular flexibility index (Phi) is 2.90. The van der Waals surface area contributed by atoms with Gasteiger partial charge in [0.05, 0.1) is 4.90 Å². The average Bonchev–Trinajstić information content (AvgIpc) is 2.83. The van der Waals surface area contributed by atoms with Crippen LogP contribution >= 0.6 is 0 Å². The molecule has 0 radical (unpaired) electrons. The number of nitrogens with one attached hydrogen (secondary N) is 1. The SMILES string of the molecule is Cn1ncnc1NS(=O)(=O)c1ccc2ccccc2c1. The first kappa shape index (κ1) is 12.6. The van der Waals surface area contributed by atoms with Gasteiger partial charge in [-0.25, -0.2) is 17.8 Å². The second-order valence-electron chi connectivity index (χ2n) is 4.32. The predicted octanol–water partition coefficient (Wildman–Crippen LogP) is 1.77. The molecule has 1 heterocycles. The zero-order valence-electron chi connectivity index (χ0n) is 10.7. The standard InChI is InChI=1S/C13H12N4O2S/c1-17-13(14-9-15-17)16-20(18,19)12-7-6-10-4-2-3-5-11(10)8-12/h2-9H,1H3,(H,14,15,16). The summed E-state index contributed by atoms with van der Waals surface area (Å²) in [6.07, 6.45) is 1.29. The fourth-order valence-corrected chi connectivity index (χ4v) is 2.97. The van der Waals surface area contributed by atoms with Crippen molar-refractivity contribution in [2.75, 3.05) is 4.72 Å². The molecule has 3 rings (SSSR count). The maximum atomic E-state index is 12.3. The summed E-state index contributed by atoms with van der Waals surface area (Å²) in [5, 5.41) is 5.68. The van der Waals surface area contributed by atoms with Crippen molar-refractivity contribution in [2.45, 2.75) is 4.90 Å². The highest BCUT2D eigenvalue weighted by atomic mass is 32.2. The van der Waals surface area contributed by atoms with E-state index in [9.17, 15) is 8.42 Å². The van der Waals surface area contributed by atoms with Crippen LogP contribution in [-0.4, -0.2) is 23.2 Å². The van der Waals surface area contributed by atoms with Gasteiger partial charge < -0.3 is 0 Å². The van der Waals surface area contributed by atoms with Crippen molar-refractivity contribution in [3.8, 4) is 0 Å². The molecule has 0 aliphatic rings. The van der Waals surface area contributed by atoms with Gasteiger partial charge in [-0.3, -0.25) is 0 Å². The van der Waals surface area contributed by atoms with Gasteiger partial charge in [0.1, 0.15) is 6.33 Å². The number of aryl methyl sites for hydroxylation is 1. The summed E-state index contributed by atoms with van der Waals surface area (Å²) in [6.45, 7) is 0. The van der Waals surface area contributed by atoms with Crippen molar-refractivity contribution in [2.24, 2.45) is 7.05 Å². The Labute approximate surface area is 116 Å². The van der Waals surface area contributed by atoms with Gasteiger partial charge in [0.25, 0.3) is 10.0 Å². The minimum atomic E-state index is -3.67. The minimum absolute atomic E-state index is 0.179. The summed E-state index contributed by atoms with van der Waals surface area (Å²) in [6, 6.07) is 12.6. The Morgan fingerprint density at radius 3 is 2.55 bits per heavy atom. The Morgan fingerprint density at radius 2 is 1.85 bits per heavy atom. The summed E-state index contributed by atoms with van der Waals surface area (Å²) in [4.78, 5) is 4.04. The highest BCUT2D eigenvalue weighted by molar-refractivity contribution is 7.92. The van der Waals surface area contributed by atoms with E-state index in [0.29, 0.717) is 0 Å². The Bertz CT molecular complexity index is 871. The quantitative estimate of drug-likeness (QED) is 0.797. The van der Waals surface area contributed by atoms with Gasteiger partial charge >= 0.3 is 0 Å². The second-order valence-corrected chi connectivity index (χ2v) is 6.00. The first-order valence-electron chi connectivity index (χ1n) is 5.92. The van der Waals surface area contributed by atoms with E-state index >= 15 is 0 Å². The molecule has 102 valence electrons. The lowest BCUT2D eigenvalue weighted by Crippen LogP contribution is -2.16. The third-order valence-corrected chi connectivity index (χ3v) is 4.29. The monoisotopic (exact) mass is 288 g/mol. The van der Waals surface area contributed by atoms with Gasteiger partial charge in [-0.15, -0.1) is 0 Å². The lowest BCUT2D eigenvalue weighted by molar-refractivity contribution is 0.600. The van der Waals surface area contributed by atoms with Crippen LogP contribution in [0.5, 0.6) is 0 Å². The summed E-state index contributed by atoms with van der Waals surface area (Å²) >= 11 is 0. The fraction of sp³-hybridized carbons (Fsp3) is 0.0769. The number of benzene rings is 2. The summed E-state index contributed by atoms with van der Waals surface area (Å²) in [7, 11) is -2.05. The van der Waals surface area contributed by atoms with Crippen molar-refractivity contribution < 1.29 is 8.42 Å². The Balaban J connectivity index is 2.03. The van der Waals surface area contributed by atoms with Crippen LogP contribution < -0.4 is 4.72 Å². The van der Waals surface area contributed by atoms with Crippen LogP contribution in [0.2, 0.25) is 0 Å². The molecule has 0 aliphatic heterocycles. The molecule has 0 unspecified atom stereocenters. The molecule has 20 heavy (non-hydrogen) atoms. The summed E-state index contributed by atoms with van der Waals surface area (Å²) in [5.41, 5.74) is 0. The van der Waals surface area contributed by atoms with Crippen LogP contribution in [0.4, 0.5) is 5.95 Å². The first-order chi connectivity index (χ1) is 9.56. The molecule has 0 spiro atoms. The van der Waals surface area contributed by atoms with E-state index < -0.39 is 10.0 Å². The van der Waals surface area contributed by atoms with Crippen molar-refractivity contribution in [1.29, 1.82) is 0 Å². The Hall–Kier alpha value is -2.41. The van der Waals surface area contributed by atoms with E-state index in [2.05, 4.69) is 14.8 Å². The third kappa shape index (κ3) is 2.23. The molecule has 0 amide bonds. The molecule has 7 heteroatoms. The molecular weight excluding hydrogens is 276 g/mol. The Morgan fingerprint density at radius 1 is 1.10 bits per heavy atom. The van der Waals surface area contributed by atoms with Crippen LogP contribution in [0.1, 0.15) is 0 Å². The molecule has 0 aliphatic carbocycles. The number of hydrogen-bond acceptors (Lipinski definition) is 4. The van der Waals surface area contributed by atoms with Crippen LogP contribution in [0.25, 0.3) is 10.8 Å². The van der Waals surface area contributed by atoms with Crippen LogP contribution in [0, 0.1) is 0 Å². The number of nitrogens with zero attached hydrogens (tertiary/aromatic N) is 3. The smallest absolute Gasteiger partial charge is 0.247 e. The molecule has 6 nitrogen and oxygen atoms in total. The molecule has 0 fully saturated rings. The number of fused-ring (bicyclic) bond motifs is 1. The van der Waals surface area contributed by atoms with E-state index in [1.807, 2.05) is 24.3 Å². The first-order valence-corrected chi connectivity index (χ1v) is 7.40. The maximum Gasteiger partial charge on any atom is 0.264 e. The van der Waals surface area contributed by atoms with Crippen molar-refractivity contribution in [1.82, 2.24) is 14.8 Å². The predicted molar refractivity (Wildman–Crippen MR) is 75.8 cm³/mol. The zero-order valence-corrected chi connectivity index (χ0v) is 11.5. The van der Waals surface area contributed by atoms with Gasteiger partial charge in [-0.05, 0) is 22.9 Å². The van der Waals surface area contributed by atoms with Gasteiger partial charge in [0.15, 0.2) is 0 Å². The normalized spacial score (nSPS) is 11.7. The van der Waals surface area contributed by atoms with Crippen LogP contribution in [0.3, 0.4) is 0 Å². The molecule has 0 bridgehead atoms. The van der Waals surface area contributed by atoms with E-state index in [1.165, 1.54) is 11.0 Å². The summed E-state index contributed by atoms with van der Waals surface area (Å²) < 4.78 is 28.4. The van der Waals surface area contributed by atoms with E-state index in [0.717, 1.165) is 10.8 Å². The van der Waals surface area contributed by atoms with Gasteiger partial charge in [-0.1, -0.05) is 30.3 Å². The molecule has 1 aromatic heterocycles. The lowest BCUT2D eigenvalue weighted by atomic mass is 10.1. The van der Waals surface area contributed by atoms with Crippen molar-refractivity contribution in [3.05, 3.63) is 48.8 Å². The number of aromatic nitrogens is 3. The topological polar surface area (TPSA) is 76.9 Å². The number of sulfonamides is 1. The van der Waals surface area contributed by atoms with E-state index in [1.54, 1.807) is 25.2 Å². The average molecular weight is 288 g/mol. The van der Waals surface area contributed by atoms with Crippen molar-refractivity contribution >= 4 is 26.7 Å². The molecule has 0 atom stereocenters. The highest BCUT2D eigenvalue weighted by Crippen LogP contribution is 2.20. The summed E-state index contributed by atoms with van der Waals surface area (Å²) in [5.74, 6) is 0.179. The molecule has 0 saturated carbocycles. The molecule has 3 aromatic rings. The third-order valence-electron chi connectivity index (χ3n) is 2.97. The minimum Gasteiger partial charge on any atom is -0.247 e. The zero-order chi connectivity index (χ0) is 14.2. The number of hydrogen-bond donors (Lipinski definition) is 1. The lowest BCUT2D eigenvalue weighted by Gasteiger charge is -2.07. The van der Waals surface area contributed by atoms with Gasteiger partial charge in [0, 0.05) is 7.05 Å². The molecule has 1 N–H and O–H groups in total. The van der Waals surface area contributed by atoms with Gasteiger partial charge in [0.2, 0.25) is 5.95 Å². The highest BCUT2D eigenvalue weighted by Gasteiger charge is 2.16. The number of rotatable bonds is 3. The van der Waals surface area contributed by atoms with E-state index in [-0.39, 0.29) is 10.8 Å². The van der Waals surface area contributed by atoms with Crippen LogP contribution in [0.15, 0.2) is 53.7 Å². The molecule has 2 aromatic carbocycles. The van der Waals surface area contributed by atoms with E-state index in [4.69, 9.17) is 0 Å².